The predicted molar refractivity (Wildman–Crippen MR) is 43.7 cm³/mol. The first-order valence-corrected chi connectivity index (χ1v) is 4.14. The highest BCUT2D eigenvalue weighted by Crippen LogP contribution is 2.14. The van der Waals surface area contributed by atoms with Crippen molar-refractivity contribution in [3.05, 3.63) is 5.92 Å². The van der Waals surface area contributed by atoms with Gasteiger partial charge < -0.3 is 0 Å². The summed E-state index contributed by atoms with van der Waals surface area (Å²) in [5.74, 6) is 1.47. The van der Waals surface area contributed by atoms with Crippen molar-refractivity contribution < 1.29 is 4.79 Å². The van der Waals surface area contributed by atoms with Gasteiger partial charge in [-0.15, -0.1) is 0 Å². The van der Waals surface area contributed by atoms with Crippen LogP contribution in [0.3, 0.4) is 0 Å². The van der Waals surface area contributed by atoms with Gasteiger partial charge in [0.1, 0.15) is 5.78 Å². The second-order valence-corrected chi connectivity index (χ2v) is 2.48. The SMILES string of the molecule is CCCC(=O)[C](CC)CC. The third-order valence-corrected chi connectivity index (χ3v) is 1.72. The molecule has 0 unspecified atom stereocenters. The molecule has 0 fully saturated rings. The summed E-state index contributed by atoms with van der Waals surface area (Å²) in [6.07, 6.45) is 3.56. The number of Topliss-reactive ketones (excluding diaryl/α,β-unsaturated/α-hetero) is 1. The van der Waals surface area contributed by atoms with Crippen molar-refractivity contribution >= 4 is 5.78 Å². The van der Waals surface area contributed by atoms with Gasteiger partial charge >= 0.3 is 0 Å². The Morgan fingerprint density at radius 1 is 1.10 bits per heavy atom. The molecule has 0 aliphatic heterocycles. The maximum absolute atomic E-state index is 11.2. The summed E-state index contributed by atoms with van der Waals surface area (Å²) in [5.41, 5.74) is 0. The summed E-state index contributed by atoms with van der Waals surface area (Å²) in [7, 11) is 0. The molecule has 0 spiro atoms. The van der Waals surface area contributed by atoms with Crippen molar-refractivity contribution in [3.63, 3.8) is 0 Å². The standard InChI is InChI=1S/C9H17O/c1-4-7-9(10)8(5-2)6-3/h4-7H2,1-3H3. The van der Waals surface area contributed by atoms with Crippen LogP contribution in [-0.4, -0.2) is 5.78 Å². The summed E-state index contributed by atoms with van der Waals surface area (Å²) in [4.78, 5) is 11.2. The highest BCUT2D eigenvalue weighted by atomic mass is 16.1. The summed E-state index contributed by atoms with van der Waals surface area (Å²) in [5, 5.41) is 0. The van der Waals surface area contributed by atoms with E-state index in [9.17, 15) is 4.79 Å². The average molecular weight is 141 g/mol. The first kappa shape index (κ1) is 9.67. The zero-order valence-electron chi connectivity index (χ0n) is 7.24. The zero-order valence-corrected chi connectivity index (χ0v) is 7.24. The number of carbonyl (C=O) groups excluding carboxylic acids is 1. The molecule has 1 radical (unpaired) electrons. The molecule has 0 aromatic heterocycles. The third kappa shape index (κ3) is 3.00. The number of carbonyl (C=O) groups is 1. The molecule has 0 aliphatic rings. The number of hydrogen-bond acceptors (Lipinski definition) is 1. The van der Waals surface area contributed by atoms with Crippen LogP contribution < -0.4 is 0 Å². The summed E-state index contributed by atoms with van der Waals surface area (Å²) in [6, 6.07) is 0. The Bertz CT molecular complexity index is 92.9. The Morgan fingerprint density at radius 3 is 1.90 bits per heavy atom. The van der Waals surface area contributed by atoms with Crippen LogP contribution in [0.5, 0.6) is 0 Å². The molecule has 0 rings (SSSR count). The van der Waals surface area contributed by atoms with Crippen LogP contribution in [0.1, 0.15) is 46.5 Å². The number of rotatable bonds is 5. The molecule has 10 heavy (non-hydrogen) atoms. The summed E-state index contributed by atoms with van der Waals surface area (Å²) >= 11 is 0. The predicted octanol–water partition coefficient (Wildman–Crippen LogP) is 2.75. The molecule has 1 heteroatoms. The van der Waals surface area contributed by atoms with E-state index in [1.54, 1.807) is 0 Å². The van der Waals surface area contributed by atoms with Crippen molar-refractivity contribution in [1.82, 2.24) is 0 Å². The molecule has 1 nitrogen and oxygen atoms in total. The van der Waals surface area contributed by atoms with Gasteiger partial charge in [-0.1, -0.05) is 20.8 Å². The van der Waals surface area contributed by atoms with Crippen LogP contribution in [0.4, 0.5) is 0 Å². The van der Waals surface area contributed by atoms with Gasteiger partial charge in [-0.3, -0.25) is 4.79 Å². The lowest BCUT2D eigenvalue weighted by Crippen LogP contribution is -2.09. The van der Waals surface area contributed by atoms with E-state index in [1.807, 2.05) is 20.8 Å². The van der Waals surface area contributed by atoms with Crippen molar-refractivity contribution in [2.24, 2.45) is 0 Å². The smallest absolute Gasteiger partial charge is 0.140 e. The molecule has 0 amide bonds. The molecule has 59 valence electrons. The van der Waals surface area contributed by atoms with Crippen LogP contribution in [0.25, 0.3) is 0 Å². The summed E-state index contributed by atoms with van der Waals surface area (Å²) < 4.78 is 0. The fourth-order valence-electron chi connectivity index (χ4n) is 1.05. The molecule has 0 aromatic rings. The van der Waals surface area contributed by atoms with Crippen molar-refractivity contribution in [1.29, 1.82) is 0 Å². The van der Waals surface area contributed by atoms with Gasteiger partial charge in [0.25, 0.3) is 0 Å². The molecule has 0 saturated heterocycles. The first-order valence-electron chi connectivity index (χ1n) is 4.14. The maximum atomic E-state index is 11.2. The first-order chi connectivity index (χ1) is 4.76. The molecule has 0 aliphatic carbocycles. The van der Waals surface area contributed by atoms with E-state index in [2.05, 4.69) is 0 Å². The van der Waals surface area contributed by atoms with Crippen LogP contribution in [-0.2, 0) is 4.79 Å². The van der Waals surface area contributed by atoms with E-state index in [4.69, 9.17) is 0 Å². The van der Waals surface area contributed by atoms with E-state index in [0.717, 1.165) is 31.6 Å². The quantitative estimate of drug-likeness (QED) is 0.575. The Labute approximate surface area is 63.8 Å². The van der Waals surface area contributed by atoms with E-state index in [1.165, 1.54) is 0 Å². The van der Waals surface area contributed by atoms with Crippen molar-refractivity contribution in [3.8, 4) is 0 Å². The minimum absolute atomic E-state index is 0.368. The van der Waals surface area contributed by atoms with E-state index in [0.29, 0.717) is 5.78 Å². The Balaban J connectivity index is 3.65. The largest absolute Gasteiger partial charge is 0.299 e. The molecule has 0 saturated carbocycles. The second kappa shape index (κ2) is 5.45. The normalized spacial score (nSPS) is 10.4. The van der Waals surface area contributed by atoms with Crippen LogP contribution >= 0.6 is 0 Å². The third-order valence-electron chi connectivity index (χ3n) is 1.72. The lowest BCUT2D eigenvalue weighted by molar-refractivity contribution is -0.117. The van der Waals surface area contributed by atoms with Gasteiger partial charge in [0.15, 0.2) is 0 Å². The van der Waals surface area contributed by atoms with E-state index >= 15 is 0 Å². The minimum atomic E-state index is 0.368. The Morgan fingerprint density at radius 2 is 1.60 bits per heavy atom. The van der Waals surface area contributed by atoms with Crippen molar-refractivity contribution in [2.45, 2.75) is 46.5 Å². The Hall–Kier alpha value is -0.330. The summed E-state index contributed by atoms with van der Waals surface area (Å²) in [6.45, 7) is 6.14. The van der Waals surface area contributed by atoms with Gasteiger partial charge in [-0.2, -0.15) is 0 Å². The maximum Gasteiger partial charge on any atom is 0.140 e. The minimum Gasteiger partial charge on any atom is -0.299 e. The number of ketones is 1. The Kier molecular flexibility index (Phi) is 5.27. The molecule has 0 heterocycles. The lowest BCUT2D eigenvalue weighted by atomic mass is 9.95. The van der Waals surface area contributed by atoms with E-state index < -0.39 is 0 Å². The van der Waals surface area contributed by atoms with Gasteiger partial charge in [-0.05, 0) is 19.3 Å². The highest BCUT2D eigenvalue weighted by molar-refractivity contribution is 5.91. The van der Waals surface area contributed by atoms with Crippen molar-refractivity contribution in [2.75, 3.05) is 0 Å². The zero-order chi connectivity index (χ0) is 7.98. The van der Waals surface area contributed by atoms with Gasteiger partial charge in [0, 0.05) is 12.3 Å². The highest BCUT2D eigenvalue weighted by Gasteiger charge is 2.12. The topological polar surface area (TPSA) is 17.1 Å². The monoisotopic (exact) mass is 141 g/mol. The molecule has 0 atom stereocenters. The molecular weight excluding hydrogens is 124 g/mol. The van der Waals surface area contributed by atoms with Gasteiger partial charge in [0.05, 0.1) is 0 Å². The van der Waals surface area contributed by atoms with Crippen LogP contribution in [0, 0.1) is 5.92 Å². The number of hydrogen-bond donors (Lipinski definition) is 0. The molecular formula is C9H17O. The fraction of sp³-hybridized carbons (Fsp3) is 0.778. The van der Waals surface area contributed by atoms with E-state index in [-0.39, 0.29) is 0 Å². The lowest BCUT2D eigenvalue weighted by Gasteiger charge is -2.07. The van der Waals surface area contributed by atoms with Crippen LogP contribution in [0.15, 0.2) is 0 Å². The fourth-order valence-corrected chi connectivity index (χ4v) is 1.05. The van der Waals surface area contributed by atoms with Crippen LogP contribution in [0.2, 0.25) is 0 Å². The molecule has 0 bridgehead atoms. The molecule has 0 aromatic carbocycles. The molecule has 0 N–H and O–H groups in total. The van der Waals surface area contributed by atoms with Gasteiger partial charge in [0.2, 0.25) is 0 Å². The van der Waals surface area contributed by atoms with Gasteiger partial charge in [-0.25, -0.2) is 0 Å². The average Bonchev–Trinajstić information content (AvgIpc) is 1.91. The second-order valence-electron chi connectivity index (χ2n) is 2.48.